The highest BCUT2D eigenvalue weighted by Gasteiger charge is 2.28. The van der Waals surface area contributed by atoms with Gasteiger partial charge < -0.3 is 36.5 Å². The maximum atomic E-state index is 2.45. The van der Waals surface area contributed by atoms with E-state index in [4.69, 9.17) is 0 Å². The summed E-state index contributed by atoms with van der Waals surface area (Å²) in [7, 11) is 0. The van der Waals surface area contributed by atoms with Gasteiger partial charge in [0.05, 0.1) is 55.5 Å². The van der Waals surface area contributed by atoms with E-state index in [0.717, 1.165) is 11.4 Å². The predicted molar refractivity (Wildman–Crippen MR) is 540 cm³/mol. The fourth-order valence-electron chi connectivity index (χ4n) is 19.0. The van der Waals surface area contributed by atoms with E-state index in [1.165, 1.54) is 184 Å². The van der Waals surface area contributed by atoms with Crippen molar-refractivity contribution in [3.63, 3.8) is 0 Å². The second kappa shape index (κ2) is 32.8. The SMILES string of the molecule is CC(C)(C)c1cc2ccccc2n1-c1ccc(-n2c(C(C)(C)C)cc3ccccc32)cc1.Cc1cc(-n2c(C(C)(C)C)cc3ccccc32)ccc1-n1c(C(C)(C)C)cc2ccccc21.Cc1cc2ccccc2n1-c1ccc(-n2c(C)cc3ccccc32)cc1.c1ccc(-c2cc3ccccc3n2-c2ccc(-n3c(-c4ccccc4)cc4ccccc43)cc2)cc1. The van der Waals surface area contributed by atoms with Gasteiger partial charge in [-0.25, -0.2) is 0 Å². The van der Waals surface area contributed by atoms with Crippen LogP contribution in [0.1, 0.15) is 123 Å². The summed E-state index contributed by atoms with van der Waals surface area (Å²) in [6.45, 7) is 34.0. The molecule has 8 heteroatoms. The van der Waals surface area contributed by atoms with Crippen LogP contribution in [0.2, 0.25) is 0 Å². The van der Waals surface area contributed by atoms with Gasteiger partial charge in [0.2, 0.25) is 0 Å². The number of hydrogen-bond acceptors (Lipinski definition) is 0. The van der Waals surface area contributed by atoms with E-state index in [0.29, 0.717) is 0 Å². The lowest BCUT2D eigenvalue weighted by Crippen LogP contribution is -2.18. The molecule has 0 fully saturated rings. The summed E-state index contributed by atoms with van der Waals surface area (Å²) < 4.78 is 19.1. The monoisotopic (exact) mass is 1650 g/mol. The maximum Gasteiger partial charge on any atom is 0.0540 e. The Balaban J connectivity index is 0.000000111. The molecule has 0 N–H and O–H groups in total. The third kappa shape index (κ3) is 15.6. The minimum absolute atomic E-state index is 0.0418. The number of para-hydroxylation sites is 8. The highest BCUT2D eigenvalue weighted by molar-refractivity contribution is 5.93. The lowest BCUT2D eigenvalue weighted by molar-refractivity contribution is 0.558. The molecule has 0 aliphatic heterocycles. The molecule has 0 unspecified atom stereocenters. The third-order valence-electron chi connectivity index (χ3n) is 25.0. The molecular formula is C119H110N8. The van der Waals surface area contributed by atoms with Crippen LogP contribution in [0, 0.1) is 20.8 Å². The number of benzene rings is 14. The van der Waals surface area contributed by atoms with E-state index in [9.17, 15) is 0 Å². The van der Waals surface area contributed by atoms with Crippen molar-refractivity contribution in [2.24, 2.45) is 0 Å². The Morgan fingerprint density at radius 1 is 0.165 bits per heavy atom. The molecule has 22 aromatic rings. The number of aryl methyl sites for hydroxylation is 3. The standard InChI is InChI=1S/C34H24N2.C31H34N2.C30H32N2.C24H20N2/c1-3-11-25(12-4-1)33-23-27-15-7-9-17-31(27)35(33)29-19-21-30(22-20-29)36-32-18-10-8-16-28(32)24-34(36)26-13-5-2-6-14-26;1-21-18-24(32-26-14-10-8-12-22(26)19-28(32)30(2,3)4)16-17-25(21)33-27-15-11-9-13-23(27)20-29(33)31(5,6)7;1-29(2,3)27-19-21-11-7-9-13-25(21)31(27)23-15-17-24(18-16-23)32-26-14-10-8-12-22(26)20-28(32)30(4,5)6;1-17-15-19-7-3-5-9-23(19)25(17)21-11-13-22(14-12-21)26-18(2)16-20-8-4-6-10-24(20)26/h1-24H;8-20H,1-7H3;7-20H,1-6H3;3-16H,1-2H3. The van der Waals surface area contributed by atoms with Crippen molar-refractivity contribution in [3.8, 4) is 68.0 Å². The van der Waals surface area contributed by atoms with Crippen molar-refractivity contribution in [2.75, 3.05) is 0 Å². The Morgan fingerprint density at radius 3 is 0.654 bits per heavy atom. The van der Waals surface area contributed by atoms with Gasteiger partial charge in [-0.15, -0.1) is 0 Å². The van der Waals surface area contributed by atoms with Gasteiger partial charge in [0.1, 0.15) is 0 Å². The Labute approximate surface area is 746 Å². The van der Waals surface area contributed by atoms with Gasteiger partial charge in [-0.3, -0.25) is 0 Å². The molecule has 0 aliphatic carbocycles. The zero-order valence-electron chi connectivity index (χ0n) is 75.6. The first-order chi connectivity index (χ1) is 61.3. The van der Waals surface area contributed by atoms with E-state index in [1.54, 1.807) is 0 Å². The summed E-state index contributed by atoms with van der Waals surface area (Å²) in [5.41, 5.74) is 33.6. The van der Waals surface area contributed by atoms with Crippen LogP contribution in [0.4, 0.5) is 0 Å². The highest BCUT2D eigenvalue weighted by Crippen LogP contribution is 2.42. The first-order valence-corrected chi connectivity index (χ1v) is 44.6. The molecule has 8 nitrogen and oxygen atoms in total. The van der Waals surface area contributed by atoms with Crippen molar-refractivity contribution in [2.45, 2.75) is 126 Å². The summed E-state index contributed by atoms with van der Waals surface area (Å²) >= 11 is 0. The number of nitrogens with zero attached hydrogens (tertiary/aromatic N) is 8. The molecule has 127 heavy (non-hydrogen) atoms. The lowest BCUT2D eigenvalue weighted by atomic mass is 9.91. The van der Waals surface area contributed by atoms with Gasteiger partial charge in [-0.2, -0.15) is 0 Å². The quantitative estimate of drug-likeness (QED) is 0.131. The molecule has 8 heterocycles. The van der Waals surface area contributed by atoms with Crippen LogP contribution in [-0.4, -0.2) is 36.5 Å². The molecule has 0 radical (unpaired) electrons. The smallest absolute Gasteiger partial charge is 0.0540 e. The van der Waals surface area contributed by atoms with Crippen LogP contribution >= 0.6 is 0 Å². The van der Waals surface area contributed by atoms with Gasteiger partial charge in [0, 0.05) is 144 Å². The summed E-state index contributed by atoms with van der Waals surface area (Å²) in [6.07, 6.45) is 0. The molecule has 0 aliphatic rings. The van der Waals surface area contributed by atoms with Gasteiger partial charge in [0.25, 0.3) is 0 Å². The number of aromatic nitrogens is 8. The first-order valence-electron chi connectivity index (χ1n) is 44.6. The van der Waals surface area contributed by atoms with Gasteiger partial charge in [-0.05, 0) is 226 Å². The topological polar surface area (TPSA) is 39.4 Å². The highest BCUT2D eigenvalue weighted by atomic mass is 15.1. The fourth-order valence-corrected chi connectivity index (χ4v) is 19.0. The Morgan fingerprint density at radius 2 is 0.370 bits per heavy atom. The van der Waals surface area contributed by atoms with Crippen molar-refractivity contribution in [1.29, 1.82) is 0 Å². The first kappa shape index (κ1) is 82.0. The second-order valence-corrected chi connectivity index (χ2v) is 38.2. The van der Waals surface area contributed by atoms with Crippen molar-refractivity contribution >= 4 is 87.2 Å². The number of fused-ring (bicyclic) bond motifs is 8. The van der Waals surface area contributed by atoms with E-state index in [1.807, 2.05) is 0 Å². The van der Waals surface area contributed by atoms with E-state index < -0.39 is 0 Å². The third-order valence-corrected chi connectivity index (χ3v) is 25.0. The molecule has 14 aromatic carbocycles. The van der Waals surface area contributed by atoms with Crippen molar-refractivity contribution in [3.05, 3.63) is 434 Å². The molecule has 0 saturated carbocycles. The second-order valence-electron chi connectivity index (χ2n) is 38.2. The van der Waals surface area contributed by atoms with Crippen molar-refractivity contribution in [1.82, 2.24) is 36.5 Å². The summed E-state index contributed by atoms with van der Waals surface area (Å²) in [4.78, 5) is 0. The molecule has 0 saturated heterocycles. The van der Waals surface area contributed by atoms with E-state index in [-0.39, 0.29) is 21.7 Å². The van der Waals surface area contributed by atoms with Crippen LogP contribution in [0.5, 0.6) is 0 Å². The molecule has 0 atom stereocenters. The predicted octanol–water partition coefficient (Wildman–Crippen LogP) is 31.7. The van der Waals surface area contributed by atoms with Crippen molar-refractivity contribution < 1.29 is 0 Å². The van der Waals surface area contributed by atoms with Crippen LogP contribution in [0.15, 0.2) is 394 Å². The zero-order valence-corrected chi connectivity index (χ0v) is 75.6. The molecule has 0 spiro atoms. The summed E-state index contributed by atoms with van der Waals surface area (Å²) in [5, 5.41) is 10.2. The van der Waals surface area contributed by atoms with E-state index >= 15 is 0 Å². The molecule has 22 rings (SSSR count). The van der Waals surface area contributed by atoms with Gasteiger partial charge in [0.15, 0.2) is 0 Å². The fraction of sp³-hybridized carbons (Fsp3) is 0.160. The molecule has 0 amide bonds. The normalized spacial score (nSPS) is 12.1. The van der Waals surface area contributed by atoms with Crippen LogP contribution in [-0.2, 0) is 21.7 Å². The Bertz CT molecular complexity index is 7430. The number of rotatable bonds is 10. The minimum Gasteiger partial charge on any atom is -0.314 e. The molecular weight excluding hydrogens is 1540 g/mol. The molecule has 8 aromatic heterocycles. The zero-order chi connectivity index (χ0) is 87.8. The number of hydrogen-bond donors (Lipinski definition) is 0. The van der Waals surface area contributed by atoms with E-state index in [2.05, 4.69) is 535 Å². The molecule has 0 bridgehead atoms. The average molecular weight is 1650 g/mol. The summed E-state index contributed by atoms with van der Waals surface area (Å²) in [5.74, 6) is 0. The average Bonchev–Trinajstić information content (AvgIpc) is 1.59. The van der Waals surface area contributed by atoms with Gasteiger partial charge >= 0.3 is 0 Å². The Hall–Kier alpha value is -14.6. The molecule has 626 valence electrons. The van der Waals surface area contributed by atoms with Crippen LogP contribution in [0.3, 0.4) is 0 Å². The maximum absolute atomic E-state index is 2.45. The van der Waals surface area contributed by atoms with Crippen LogP contribution < -0.4 is 0 Å². The van der Waals surface area contributed by atoms with Gasteiger partial charge in [-0.1, -0.05) is 289 Å². The largest absolute Gasteiger partial charge is 0.314 e. The Kier molecular flexibility index (Phi) is 21.2. The van der Waals surface area contributed by atoms with Crippen LogP contribution in [0.25, 0.3) is 155 Å². The minimum atomic E-state index is 0.0418. The lowest BCUT2D eigenvalue weighted by Gasteiger charge is -2.25. The summed E-state index contributed by atoms with van der Waals surface area (Å²) in [6, 6.07) is 142.